The zero-order valence-electron chi connectivity index (χ0n) is 17.4. The quantitative estimate of drug-likeness (QED) is 0.770. The zero-order valence-corrected chi connectivity index (χ0v) is 18.2. The molecule has 1 aliphatic heterocycles. The number of hydrogen-bond donors (Lipinski definition) is 2. The number of alkyl carbamates (subject to hydrolysis) is 1. The van der Waals surface area contributed by atoms with Gasteiger partial charge >= 0.3 is 6.09 Å². The van der Waals surface area contributed by atoms with E-state index in [2.05, 4.69) is 15.6 Å². The summed E-state index contributed by atoms with van der Waals surface area (Å²) in [5, 5.41) is 5.49. The molecule has 160 valence electrons. The number of aryl methyl sites for hydroxylation is 1. The lowest BCUT2D eigenvalue weighted by molar-refractivity contribution is 0.0500. The number of carbonyl (C=O) groups excluding carboxylic acids is 2. The lowest BCUT2D eigenvalue weighted by atomic mass is 9.97. The van der Waals surface area contributed by atoms with Crippen LogP contribution in [0.2, 0.25) is 0 Å². The third-order valence-corrected chi connectivity index (χ3v) is 6.41. The summed E-state index contributed by atoms with van der Waals surface area (Å²) in [6.07, 6.45) is 2.71. The van der Waals surface area contributed by atoms with Crippen LogP contribution in [0.4, 0.5) is 10.5 Å². The number of benzene rings is 1. The Hall–Kier alpha value is -2.94. The first-order valence-electron chi connectivity index (χ1n) is 9.54. The molecule has 0 aliphatic carbocycles. The number of amides is 2. The molecule has 1 aliphatic rings. The third-order valence-electron chi connectivity index (χ3n) is 4.62. The highest BCUT2D eigenvalue weighted by molar-refractivity contribution is 7.91. The molecule has 9 heteroatoms. The van der Waals surface area contributed by atoms with Gasteiger partial charge in [0.1, 0.15) is 5.60 Å². The average molecular weight is 432 g/mol. The van der Waals surface area contributed by atoms with Gasteiger partial charge in [-0.1, -0.05) is 6.07 Å². The zero-order chi connectivity index (χ0) is 22.1. The summed E-state index contributed by atoms with van der Waals surface area (Å²) in [5.41, 5.74) is 1.21. The minimum atomic E-state index is -3.57. The van der Waals surface area contributed by atoms with Crippen LogP contribution < -0.4 is 10.6 Å². The lowest BCUT2D eigenvalue weighted by Gasteiger charge is -2.29. The molecule has 0 saturated carbocycles. The average Bonchev–Trinajstić information content (AvgIpc) is 2.63. The van der Waals surface area contributed by atoms with E-state index in [4.69, 9.17) is 4.74 Å². The Morgan fingerprint density at radius 1 is 1.17 bits per heavy atom. The Balaban J connectivity index is 1.93. The molecule has 0 saturated heterocycles. The molecule has 3 rings (SSSR count). The standard InChI is InChI=1S/C21H25N3O5S/c1-13-11-16-17(24-20(26)29-21(2,3)4)7-10-30(27,28)18(16)12-15(13)19(25)23-14-5-8-22-9-6-14/h5-6,8-9,11-12,17H,7,10H2,1-4H3,(H,24,26)(H,22,23,25)/t17-/m0/s1. The smallest absolute Gasteiger partial charge is 0.408 e. The summed E-state index contributed by atoms with van der Waals surface area (Å²) in [4.78, 5) is 28.9. The Morgan fingerprint density at radius 3 is 2.47 bits per heavy atom. The summed E-state index contributed by atoms with van der Waals surface area (Å²) < 4.78 is 30.7. The van der Waals surface area contributed by atoms with Crippen LogP contribution in [0.1, 0.15) is 54.7 Å². The van der Waals surface area contributed by atoms with Crippen molar-refractivity contribution >= 4 is 27.5 Å². The van der Waals surface area contributed by atoms with Gasteiger partial charge in [0.2, 0.25) is 0 Å². The molecule has 1 atom stereocenters. The van der Waals surface area contributed by atoms with E-state index in [1.165, 1.54) is 6.07 Å². The second kappa shape index (κ2) is 8.06. The third kappa shape index (κ3) is 4.96. The van der Waals surface area contributed by atoms with Gasteiger partial charge in [0.15, 0.2) is 9.84 Å². The molecule has 1 aromatic carbocycles. The van der Waals surface area contributed by atoms with Crippen LogP contribution in [0.5, 0.6) is 0 Å². The summed E-state index contributed by atoms with van der Waals surface area (Å²) in [7, 11) is -3.57. The number of sulfone groups is 1. The molecule has 0 unspecified atom stereocenters. The Morgan fingerprint density at radius 2 is 1.83 bits per heavy atom. The maximum absolute atomic E-state index is 12.7. The second-order valence-electron chi connectivity index (χ2n) is 8.20. The van der Waals surface area contributed by atoms with Gasteiger partial charge in [-0.05, 0) is 63.4 Å². The molecule has 8 nitrogen and oxygen atoms in total. The van der Waals surface area contributed by atoms with Crippen LogP contribution in [-0.2, 0) is 14.6 Å². The molecule has 0 radical (unpaired) electrons. The topological polar surface area (TPSA) is 114 Å². The lowest BCUT2D eigenvalue weighted by Crippen LogP contribution is -2.38. The Bertz CT molecular complexity index is 1080. The molecule has 0 spiro atoms. The van der Waals surface area contributed by atoms with Crippen molar-refractivity contribution < 1.29 is 22.7 Å². The van der Waals surface area contributed by atoms with Crippen molar-refractivity contribution in [1.29, 1.82) is 0 Å². The number of nitrogens with zero attached hydrogens (tertiary/aromatic N) is 1. The predicted octanol–water partition coefficient (Wildman–Crippen LogP) is 3.39. The van der Waals surface area contributed by atoms with E-state index in [0.717, 1.165) is 0 Å². The summed E-state index contributed by atoms with van der Waals surface area (Å²) in [5.74, 6) is -0.548. The number of carbonyl (C=O) groups is 2. The summed E-state index contributed by atoms with van der Waals surface area (Å²) in [6.45, 7) is 6.99. The van der Waals surface area contributed by atoms with Crippen molar-refractivity contribution in [3.63, 3.8) is 0 Å². The first-order valence-corrected chi connectivity index (χ1v) is 11.2. The fourth-order valence-corrected chi connectivity index (χ4v) is 4.89. The number of nitrogens with one attached hydrogen (secondary N) is 2. The number of fused-ring (bicyclic) bond motifs is 1. The maximum atomic E-state index is 12.7. The number of anilines is 1. The minimum Gasteiger partial charge on any atom is -0.444 e. The molecule has 30 heavy (non-hydrogen) atoms. The molecular weight excluding hydrogens is 406 g/mol. The van der Waals surface area contributed by atoms with E-state index < -0.39 is 33.5 Å². The van der Waals surface area contributed by atoms with Crippen molar-refractivity contribution in [1.82, 2.24) is 10.3 Å². The van der Waals surface area contributed by atoms with E-state index in [1.807, 2.05) is 0 Å². The van der Waals surface area contributed by atoms with Gasteiger partial charge in [-0.15, -0.1) is 0 Å². The van der Waals surface area contributed by atoms with Crippen LogP contribution in [0.15, 0.2) is 41.6 Å². The van der Waals surface area contributed by atoms with E-state index in [9.17, 15) is 18.0 Å². The van der Waals surface area contributed by atoms with Crippen molar-refractivity contribution in [3.8, 4) is 0 Å². The number of ether oxygens (including phenoxy) is 1. The monoisotopic (exact) mass is 431 g/mol. The van der Waals surface area contributed by atoms with E-state index in [0.29, 0.717) is 16.8 Å². The highest BCUT2D eigenvalue weighted by atomic mass is 32.2. The van der Waals surface area contributed by atoms with E-state index in [1.54, 1.807) is 58.3 Å². The van der Waals surface area contributed by atoms with Crippen LogP contribution >= 0.6 is 0 Å². The van der Waals surface area contributed by atoms with Gasteiger partial charge in [0.25, 0.3) is 5.91 Å². The first-order chi connectivity index (χ1) is 14.0. The minimum absolute atomic E-state index is 0.0558. The normalized spacial score (nSPS) is 17.5. The van der Waals surface area contributed by atoms with Gasteiger partial charge in [-0.3, -0.25) is 9.78 Å². The van der Waals surface area contributed by atoms with Gasteiger partial charge in [0, 0.05) is 23.6 Å². The fourth-order valence-electron chi connectivity index (χ4n) is 3.27. The highest BCUT2D eigenvalue weighted by Gasteiger charge is 2.33. The van der Waals surface area contributed by atoms with Crippen molar-refractivity contribution in [2.75, 3.05) is 11.1 Å². The van der Waals surface area contributed by atoms with Crippen molar-refractivity contribution in [2.45, 2.75) is 50.7 Å². The van der Waals surface area contributed by atoms with E-state index in [-0.39, 0.29) is 22.6 Å². The number of pyridine rings is 1. The van der Waals surface area contributed by atoms with Crippen LogP contribution in [-0.4, -0.2) is 36.8 Å². The molecule has 0 fully saturated rings. The Kier molecular flexibility index (Phi) is 5.85. The van der Waals surface area contributed by atoms with Crippen molar-refractivity contribution in [2.24, 2.45) is 0 Å². The highest BCUT2D eigenvalue weighted by Crippen LogP contribution is 2.34. The van der Waals surface area contributed by atoms with Crippen LogP contribution in [0.25, 0.3) is 0 Å². The van der Waals surface area contributed by atoms with Gasteiger partial charge in [-0.25, -0.2) is 13.2 Å². The number of rotatable bonds is 3. The molecular formula is C21H25N3O5S. The van der Waals surface area contributed by atoms with Crippen LogP contribution in [0, 0.1) is 6.92 Å². The van der Waals surface area contributed by atoms with Gasteiger partial charge in [-0.2, -0.15) is 0 Å². The van der Waals surface area contributed by atoms with Gasteiger partial charge < -0.3 is 15.4 Å². The van der Waals surface area contributed by atoms with Crippen LogP contribution in [0.3, 0.4) is 0 Å². The summed E-state index contributed by atoms with van der Waals surface area (Å²) >= 11 is 0. The number of hydrogen-bond acceptors (Lipinski definition) is 6. The fraction of sp³-hybridized carbons (Fsp3) is 0.381. The molecule has 2 N–H and O–H groups in total. The molecule has 2 aromatic rings. The molecule has 2 heterocycles. The molecule has 1 aromatic heterocycles. The number of aromatic nitrogens is 1. The predicted molar refractivity (Wildman–Crippen MR) is 112 cm³/mol. The summed E-state index contributed by atoms with van der Waals surface area (Å²) in [6, 6.07) is 5.80. The maximum Gasteiger partial charge on any atom is 0.408 e. The first kappa shape index (κ1) is 21.8. The Labute approximate surface area is 176 Å². The second-order valence-corrected chi connectivity index (χ2v) is 10.3. The SMILES string of the molecule is Cc1cc2c(cc1C(=O)Nc1ccncc1)S(=O)(=O)CC[C@@H]2NC(=O)OC(C)(C)C. The van der Waals surface area contributed by atoms with E-state index >= 15 is 0 Å². The largest absolute Gasteiger partial charge is 0.444 e. The van der Waals surface area contributed by atoms with Gasteiger partial charge in [0.05, 0.1) is 16.7 Å². The van der Waals surface area contributed by atoms with Crippen molar-refractivity contribution in [3.05, 3.63) is 53.3 Å². The molecule has 0 bridgehead atoms. The molecule has 2 amide bonds.